The molecule has 2 aromatic carbocycles. The smallest absolute Gasteiger partial charge is 0.222 e. The topological polar surface area (TPSA) is 78.5 Å². The van der Waals surface area contributed by atoms with Crippen molar-refractivity contribution in [1.82, 2.24) is 14.9 Å². The molecule has 3 atom stereocenters. The summed E-state index contributed by atoms with van der Waals surface area (Å²) in [7, 11) is -3.95. The van der Waals surface area contributed by atoms with Crippen molar-refractivity contribution in [3.63, 3.8) is 0 Å². The molecule has 0 aromatic heterocycles. The van der Waals surface area contributed by atoms with Crippen LogP contribution in [-0.4, -0.2) is 44.1 Å². The van der Waals surface area contributed by atoms with Crippen LogP contribution in [0.25, 0.3) is 0 Å². The monoisotopic (exact) mass is 691 g/mol. The van der Waals surface area contributed by atoms with Crippen molar-refractivity contribution in [2.24, 2.45) is 11.8 Å². The Kier molecular flexibility index (Phi) is 13.3. The molecule has 10 heteroatoms. The SMILES string of the molecule is CC(C)CN(CCCc1ccc2c(c1)CCCC2NC(=O)C[C@@H](NS(=O)(=O)C1C=CC(Cl)=C(Cl)C1)c1ccc(F)cc1)CC(C)C. The van der Waals surface area contributed by atoms with E-state index in [-0.39, 0.29) is 29.8 Å². The molecule has 0 spiro atoms. The van der Waals surface area contributed by atoms with Crippen LogP contribution in [0.5, 0.6) is 0 Å². The van der Waals surface area contributed by atoms with Gasteiger partial charge in [0.05, 0.1) is 22.4 Å². The van der Waals surface area contributed by atoms with E-state index in [1.807, 2.05) is 0 Å². The van der Waals surface area contributed by atoms with Crippen molar-refractivity contribution < 1.29 is 17.6 Å². The van der Waals surface area contributed by atoms with E-state index in [2.05, 4.69) is 60.8 Å². The predicted molar refractivity (Wildman–Crippen MR) is 187 cm³/mol. The Labute approximate surface area is 284 Å². The van der Waals surface area contributed by atoms with E-state index in [9.17, 15) is 17.6 Å². The largest absolute Gasteiger partial charge is 0.349 e. The maximum Gasteiger partial charge on any atom is 0.222 e. The summed E-state index contributed by atoms with van der Waals surface area (Å²) in [4.78, 5) is 16.0. The summed E-state index contributed by atoms with van der Waals surface area (Å²) in [5.74, 6) is 0.560. The average molecular weight is 693 g/mol. The van der Waals surface area contributed by atoms with Crippen molar-refractivity contribution in [3.8, 4) is 0 Å². The highest BCUT2D eigenvalue weighted by atomic mass is 35.5. The van der Waals surface area contributed by atoms with Crippen LogP contribution < -0.4 is 10.0 Å². The minimum absolute atomic E-state index is 0.0313. The van der Waals surface area contributed by atoms with Crippen molar-refractivity contribution in [2.45, 2.75) is 90.0 Å². The Balaban J connectivity index is 1.41. The van der Waals surface area contributed by atoms with Crippen LogP contribution in [0, 0.1) is 17.7 Å². The first-order valence-electron chi connectivity index (χ1n) is 16.4. The summed E-state index contributed by atoms with van der Waals surface area (Å²) < 4.78 is 43.2. The molecule has 4 rings (SSSR count). The summed E-state index contributed by atoms with van der Waals surface area (Å²) in [5.41, 5.74) is 4.19. The minimum atomic E-state index is -3.95. The normalized spacial score (nSPS) is 19.2. The van der Waals surface area contributed by atoms with Gasteiger partial charge in [-0.1, -0.05) is 87.3 Å². The van der Waals surface area contributed by atoms with E-state index in [1.165, 1.54) is 47.5 Å². The number of nitrogens with zero attached hydrogens (tertiary/aromatic N) is 1. The van der Waals surface area contributed by atoms with Gasteiger partial charge in [-0.25, -0.2) is 17.5 Å². The first-order chi connectivity index (χ1) is 21.8. The molecule has 0 aliphatic heterocycles. The van der Waals surface area contributed by atoms with Crippen LogP contribution >= 0.6 is 23.2 Å². The van der Waals surface area contributed by atoms with Crippen LogP contribution in [0.15, 0.2) is 64.7 Å². The number of allylic oxidation sites excluding steroid dienone is 3. The molecule has 0 saturated carbocycles. The molecule has 2 unspecified atom stereocenters. The van der Waals surface area contributed by atoms with E-state index in [0.717, 1.165) is 57.3 Å². The second kappa shape index (κ2) is 16.7. The van der Waals surface area contributed by atoms with Gasteiger partial charge >= 0.3 is 0 Å². The molecular formula is C36H48Cl2FN3O3S. The average Bonchev–Trinajstić information content (AvgIpc) is 2.98. The van der Waals surface area contributed by atoms with Gasteiger partial charge in [-0.15, -0.1) is 0 Å². The molecular weight excluding hydrogens is 644 g/mol. The second-order valence-corrected chi connectivity index (χ2v) is 16.3. The molecule has 2 N–H and O–H groups in total. The number of sulfonamides is 1. The third kappa shape index (κ3) is 10.6. The molecule has 2 aliphatic rings. The molecule has 0 heterocycles. The lowest BCUT2D eigenvalue weighted by atomic mass is 9.86. The van der Waals surface area contributed by atoms with Crippen molar-refractivity contribution in [3.05, 3.63) is 92.8 Å². The molecule has 0 fully saturated rings. The van der Waals surface area contributed by atoms with Gasteiger partial charge < -0.3 is 10.2 Å². The number of halogens is 3. The van der Waals surface area contributed by atoms with Crippen molar-refractivity contribution >= 4 is 39.1 Å². The van der Waals surface area contributed by atoms with Gasteiger partial charge in [-0.2, -0.15) is 0 Å². The van der Waals surface area contributed by atoms with E-state index < -0.39 is 27.1 Å². The molecule has 2 aliphatic carbocycles. The van der Waals surface area contributed by atoms with Gasteiger partial charge in [0.1, 0.15) is 5.82 Å². The molecule has 6 nitrogen and oxygen atoms in total. The third-order valence-corrected chi connectivity index (χ3v) is 11.0. The summed E-state index contributed by atoms with van der Waals surface area (Å²) in [6, 6.07) is 11.1. The number of nitrogens with one attached hydrogen (secondary N) is 2. The highest BCUT2D eigenvalue weighted by molar-refractivity contribution is 7.90. The lowest BCUT2D eigenvalue weighted by Crippen LogP contribution is -2.39. The van der Waals surface area contributed by atoms with Crippen LogP contribution in [0.4, 0.5) is 4.39 Å². The number of hydrogen-bond acceptors (Lipinski definition) is 4. The Morgan fingerprint density at radius 3 is 2.39 bits per heavy atom. The molecule has 46 heavy (non-hydrogen) atoms. The standard InChI is InChI=1S/C36H48Cl2FN3O3S/c1-24(2)22-42(23-25(3)4)18-6-7-26-10-16-31-28(19-26)8-5-9-34(31)40-36(43)21-35(27-11-13-29(39)14-12-27)41-46(44,45)30-15-17-32(37)33(38)20-30/h10-17,19,24-25,30,34-35,41H,5-9,18,20-23H2,1-4H3,(H,40,43)/t30?,34?,35-/m1/s1. The molecule has 2 aromatic rings. The lowest BCUT2D eigenvalue weighted by molar-refractivity contribution is -0.122. The number of aryl methyl sites for hydroxylation is 2. The molecule has 0 saturated heterocycles. The van der Waals surface area contributed by atoms with Gasteiger partial charge in [0, 0.05) is 31.0 Å². The maximum absolute atomic E-state index is 13.7. The number of carbonyl (C=O) groups is 1. The highest BCUT2D eigenvalue weighted by Crippen LogP contribution is 2.32. The number of amides is 1. The fraction of sp³-hybridized carbons (Fsp3) is 0.528. The first-order valence-corrected chi connectivity index (χ1v) is 18.7. The maximum atomic E-state index is 13.7. The van der Waals surface area contributed by atoms with E-state index in [4.69, 9.17) is 23.2 Å². The number of hydrogen-bond donors (Lipinski definition) is 2. The van der Waals surface area contributed by atoms with Gasteiger partial charge in [-0.05, 0) is 90.9 Å². The number of fused-ring (bicyclic) bond motifs is 1. The lowest BCUT2D eigenvalue weighted by Gasteiger charge is -2.29. The predicted octanol–water partition coefficient (Wildman–Crippen LogP) is 7.93. The van der Waals surface area contributed by atoms with Crippen LogP contribution in [0.3, 0.4) is 0 Å². The van der Waals surface area contributed by atoms with Gasteiger partial charge in [0.2, 0.25) is 15.9 Å². The van der Waals surface area contributed by atoms with Crippen molar-refractivity contribution in [1.29, 1.82) is 0 Å². The van der Waals surface area contributed by atoms with Crippen molar-refractivity contribution in [2.75, 3.05) is 19.6 Å². The number of carbonyl (C=O) groups excluding carboxylic acids is 1. The Bertz CT molecular complexity index is 1500. The third-order valence-electron chi connectivity index (χ3n) is 8.51. The van der Waals surface area contributed by atoms with Crippen LogP contribution in [0.1, 0.15) is 94.1 Å². The quantitative estimate of drug-likeness (QED) is 0.199. The number of benzene rings is 2. The Morgan fingerprint density at radius 1 is 1.04 bits per heavy atom. The van der Waals surface area contributed by atoms with Gasteiger partial charge in [-0.3, -0.25) is 4.79 Å². The Morgan fingerprint density at radius 2 is 1.74 bits per heavy atom. The van der Waals surface area contributed by atoms with E-state index >= 15 is 0 Å². The van der Waals surface area contributed by atoms with Crippen LogP contribution in [0.2, 0.25) is 0 Å². The highest BCUT2D eigenvalue weighted by Gasteiger charge is 2.31. The zero-order chi connectivity index (χ0) is 33.4. The van der Waals surface area contributed by atoms with Gasteiger partial charge in [0.15, 0.2) is 0 Å². The second-order valence-electron chi connectivity index (χ2n) is 13.5. The van der Waals surface area contributed by atoms with Gasteiger partial charge in [0.25, 0.3) is 0 Å². The summed E-state index contributed by atoms with van der Waals surface area (Å²) >= 11 is 12.2. The molecule has 252 valence electrons. The van der Waals surface area contributed by atoms with Crippen LogP contribution in [-0.2, 0) is 27.7 Å². The molecule has 0 radical (unpaired) electrons. The first kappa shape index (κ1) is 36.6. The Hall–Kier alpha value is -2.23. The van der Waals surface area contributed by atoms with E-state index in [0.29, 0.717) is 22.4 Å². The zero-order valence-electron chi connectivity index (χ0n) is 27.4. The molecule has 0 bridgehead atoms. The summed E-state index contributed by atoms with van der Waals surface area (Å²) in [6.07, 6.45) is 7.69. The fourth-order valence-corrected chi connectivity index (χ4v) is 8.39. The fourth-order valence-electron chi connectivity index (χ4n) is 6.45. The van der Waals surface area contributed by atoms with E-state index in [1.54, 1.807) is 0 Å². The zero-order valence-corrected chi connectivity index (χ0v) is 29.7. The summed E-state index contributed by atoms with van der Waals surface area (Å²) in [6.45, 7) is 12.4. The number of rotatable bonds is 15. The molecule has 1 amide bonds. The summed E-state index contributed by atoms with van der Waals surface area (Å²) in [5, 5.41) is 2.78. The minimum Gasteiger partial charge on any atom is -0.349 e.